The molecule has 0 aliphatic carbocycles. The highest BCUT2D eigenvalue weighted by atomic mass is 35.5. The molecule has 4 heterocycles. The number of carbonyl (C=O) groups is 1. The molecule has 1 aliphatic rings. The second-order valence-corrected chi connectivity index (χ2v) is 8.34. The van der Waals surface area contributed by atoms with Crippen LogP contribution in [0.25, 0.3) is 28.2 Å². The van der Waals surface area contributed by atoms with Crippen LogP contribution < -0.4 is 5.73 Å². The lowest BCUT2D eigenvalue weighted by Gasteiger charge is -2.35. The monoisotopic (exact) mass is 446 g/mol. The molecule has 5 rings (SSSR count). The van der Waals surface area contributed by atoms with Crippen molar-refractivity contribution in [2.45, 2.75) is 25.3 Å². The SMILES string of the molecule is NCC1CCCCN1C(=O)c1cc(Cl)nc(-c2cnn3ccc(-c4ccccc4)nc23)c1. The van der Waals surface area contributed by atoms with E-state index < -0.39 is 0 Å². The Morgan fingerprint density at radius 1 is 1.09 bits per heavy atom. The summed E-state index contributed by atoms with van der Waals surface area (Å²) in [5.41, 5.74) is 10.2. The van der Waals surface area contributed by atoms with Gasteiger partial charge in [0, 0.05) is 36.5 Å². The molecule has 1 fully saturated rings. The molecule has 0 saturated carbocycles. The lowest BCUT2D eigenvalue weighted by atomic mass is 10.0. The van der Waals surface area contributed by atoms with Gasteiger partial charge in [-0.05, 0) is 37.5 Å². The number of amides is 1. The molecule has 3 aromatic heterocycles. The first-order valence-electron chi connectivity index (χ1n) is 10.7. The second-order valence-electron chi connectivity index (χ2n) is 7.95. The van der Waals surface area contributed by atoms with E-state index in [4.69, 9.17) is 22.3 Å². The summed E-state index contributed by atoms with van der Waals surface area (Å²) < 4.78 is 1.70. The van der Waals surface area contributed by atoms with Crippen LogP contribution in [-0.4, -0.2) is 49.5 Å². The number of hydrogen-bond donors (Lipinski definition) is 1. The van der Waals surface area contributed by atoms with E-state index >= 15 is 0 Å². The quantitative estimate of drug-likeness (QED) is 0.477. The second kappa shape index (κ2) is 8.68. The van der Waals surface area contributed by atoms with E-state index in [0.717, 1.165) is 30.5 Å². The summed E-state index contributed by atoms with van der Waals surface area (Å²) in [5, 5.41) is 4.66. The van der Waals surface area contributed by atoms with E-state index in [9.17, 15) is 4.79 Å². The van der Waals surface area contributed by atoms with Crippen molar-refractivity contribution in [2.75, 3.05) is 13.1 Å². The van der Waals surface area contributed by atoms with E-state index in [-0.39, 0.29) is 17.1 Å². The summed E-state index contributed by atoms with van der Waals surface area (Å²) in [6.45, 7) is 1.16. The van der Waals surface area contributed by atoms with Crippen LogP contribution in [0.4, 0.5) is 0 Å². The van der Waals surface area contributed by atoms with E-state index in [2.05, 4.69) is 10.1 Å². The van der Waals surface area contributed by atoms with E-state index in [1.54, 1.807) is 22.8 Å². The van der Waals surface area contributed by atoms with E-state index in [1.165, 1.54) is 0 Å². The summed E-state index contributed by atoms with van der Waals surface area (Å²) in [6.07, 6.45) is 6.56. The number of hydrogen-bond acceptors (Lipinski definition) is 5. The zero-order valence-corrected chi connectivity index (χ0v) is 18.2. The highest BCUT2D eigenvalue weighted by Gasteiger charge is 2.27. The molecule has 0 radical (unpaired) electrons. The summed E-state index contributed by atoms with van der Waals surface area (Å²) >= 11 is 6.34. The number of rotatable bonds is 4. The Balaban J connectivity index is 1.55. The van der Waals surface area contributed by atoms with Crippen molar-refractivity contribution in [2.24, 2.45) is 5.73 Å². The molecular weight excluding hydrogens is 424 g/mol. The molecule has 4 aromatic rings. The van der Waals surface area contributed by atoms with Gasteiger partial charge < -0.3 is 10.6 Å². The summed E-state index contributed by atoms with van der Waals surface area (Å²) in [7, 11) is 0. The van der Waals surface area contributed by atoms with Crippen LogP contribution in [0.5, 0.6) is 0 Å². The predicted molar refractivity (Wildman–Crippen MR) is 124 cm³/mol. The van der Waals surface area contributed by atoms with Crippen LogP contribution in [0.1, 0.15) is 29.6 Å². The fraction of sp³-hybridized carbons (Fsp3) is 0.250. The van der Waals surface area contributed by atoms with Gasteiger partial charge in [-0.25, -0.2) is 14.5 Å². The Kier molecular flexibility index (Phi) is 5.59. The van der Waals surface area contributed by atoms with Crippen molar-refractivity contribution in [3.8, 4) is 22.5 Å². The van der Waals surface area contributed by atoms with Gasteiger partial charge in [-0.2, -0.15) is 5.10 Å². The lowest BCUT2D eigenvalue weighted by Crippen LogP contribution is -2.47. The third kappa shape index (κ3) is 3.85. The molecule has 1 aliphatic heterocycles. The average Bonchev–Trinajstić information content (AvgIpc) is 3.27. The van der Waals surface area contributed by atoms with Crippen molar-refractivity contribution in [3.63, 3.8) is 0 Å². The molecule has 1 aromatic carbocycles. The fourth-order valence-electron chi connectivity index (χ4n) is 4.26. The Hall–Kier alpha value is -3.29. The van der Waals surface area contributed by atoms with Gasteiger partial charge in [0.25, 0.3) is 5.91 Å². The van der Waals surface area contributed by atoms with Crippen molar-refractivity contribution >= 4 is 23.2 Å². The Morgan fingerprint density at radius 3 is 2.75 bits per heavy atom. The number of fused-ring (bicyclic) bond motifs is 1. The van der Waals surface area contributed by atoms with Gasteiger partial charge >= 0.3 is 0 Å². The molecule has 32 heavy (non-hydrogen) atoms. The number of carbonyl (C=O) groups excluding carboxylic acids is 1. The molecule has 0 bridgehead atoms. The molecule has 162 valence electrons. The molecule has 0 spiro atoms. The van der Waals surface area contributed by atoms with Crippen molar-refractivity contribution < 1.29 is 4.79 Å². The Morgan fingerprint density at radius 2 is 1.94 bits per heavy atom. The van der Waals surface area contributed by atoms with Gasteiger partial charge in [-0.3, -0.25) is 4.79 Å². The van der Waals surface area contributed by atoms with Crippen LogP contribution in [0.2, 0.25) is 5.15 Å². The number of aromatic nitrogens is 4. The smallest absolute Gasteiger partial charge is 0.254 e. The summed E-state index contributed by atoms with van der Waals surface area (Å²) in [6, 6.07) is 15.3. The number of likely N-dealkylation sites (tertiary alicyclic amines) is 1. The maximum Gasteiger partial charge on any atom is 0.254 e. The average molecular weight is 447 g/mol. The molecular formula is C24H23ClN6O. The number of nitrogens with two attached hydrogens (primary N) is 1. The minimum absolute atomic E-state index is 0.0544. The Labute approximate surface area is 190 Å². The lowest BCUT2D eigenvalue weighted by molar-refractivity contribution is 0.0623. The molecule has 1 saturated heterocycles. The zero-order valence-electron chi connectivity index (χ0n) is 17.5. The molecule has 7 nitrogen and oxygen atoms in total. The van der Waals surface area contributed by atoms with Gasteiger partial charge in [0.1, 0.15) is 5.15 Å². The van der Waals surface area contributed by atoms with Crippen molar-refractivity contribution in [1.29, 1.82) is 0 Å². The van der Waals surface area contributed by atoms with Crippen LogP contribution in [0.15, 0.2) is 60.9 Å². The topological polar surface area (TPSA) is 89.4 Å². The molecule has 1 atom stereocenters. The Bertz CT molecular complexity index is 1270. The zero-order chi connectivity index (χ0) is 22.1. The number of piperidine rings is 1. The standard InChI is InChI=1S/C24H23ClN6O/c25-22-13-17(24(32)30-10-5-4-8-18(30)14-26)12-21(28-22)19-15-27-31-11-9-20(29-23(19)31)16-6-2-1-3-7-16/h1-3,6-7,9,11-13,15,18H,4-5,8,10,14,26H2. The van der Waals surface area contributed by atoms with E-state index in [1.807, 2.05) is 47.5 Å². The highest BCUT2D eigenvalue weighted by Crippen LogP contribution is 2.28. The van der Waals surface area contributed by atoms with Gasteiger partial charge in [-0.1, -0.05) is 41.9 Å². The van der Waals surface area contributed by atoms with Gasteiger partial charge in [0.15, 0.2) is 5.65 Å². The normalized spacial score (nSPS) is 16.4. The van der Waals surface area contributed by atoms with Gasteiger partial charge in [0.05, 0.1) is 23.1 Å². The summed E-state index contributed by atoms with van der Waals surface area (Å²) in [5.74, 6) is -0.0693. The minimum atomic E-state index is -0.0693. The maximum atomic E-state index is 13.3. The van der Waals surface area contributed by atoms with Crippen molar-refractivity contribution in [3.05, 3.63) is 71.6 Å². The molecule has 1 unspecified atom stereocenters. The third-order valence-corrected chi connectivity index (χ3v) is 6.11. The number of nitrogens with zero attached hydrogens (tertiary/aromatic N) is 5. The van der Waals surface area contributed by atoms with Crippen LogP contribution in [-0.2, 0) is 0 Å². The fourth-order valence-corrected chi connectivity index (χ4v) is 4.47. The number of benzene rings is 1. The predicted octanol–water partition coefficient (Wildman–Crippen LogP) is 4.07. The third-order valence-electron chi connectivity index (χ3n) is 5.92. The molecule has 8 heteroatoms. The van der Waals surface area contributed by atoms with Crippen LogP contribution in [0, 0.1) is 0 Å². The largest absolute Gasteiger partial charge is 0.334 e. The van der Waals surface area contributed by atoms with Crippen LogP contribution in [0.3, 0.4) is 0 Å². The first kappa shape index (κ1) is 20.6. The van der Waals surface area contributed by atoms with E-state index in [0.29, 0.717) is 35.6 Å². The molecule has 1 amide bonds. The molecule has 2 N–H and O–H groups in total. The maximum absolute atomic E-state index is 13.3. The van der Waals surface area contributed by atoms with Crippen LogP contribution >= 0.6 is 11.6 Å². The van der Waals surface area contributed by atoms with Crippen molar-refractivity contribution in [1.82, 2.24) is 24.5 Å². The first-order chi connectivity index (χ1) is 15.6. The van der Waals surface area contributed by atoms with Gasteiger partial charge in [0.2, 0.25) is 0 Å². The number of pyridine rings is 1. The summed E-state index contributed by atoms with van der Waals surface area (Å²) in [4.78, 5) is 24.4. The van der Waals surface area contributed by atoms with Gasteiger partial charge in [-0.15, -0.1) is 0 Å². The first-order valence-corrected chi connectivity index (χ1v) is 11.1. The highest BCUT2D eigenvalue weighted by molar-refractivity contribution is 6.30. The minimum Gasteiger partial charge on any atom is -0.334 e. The number of halogens is 1.